The second-order valence-corrected chi connectivity index (χ2v) is 7.16. The minimum Gasteiger partial charge on any atom is -0.310 e. The molecule has 1 aliphatic rings. The first kappa shape index (κ1) is 20.2. The van der Waals surface area contributed by atoms with Crippen molar-refractivity contribution in [2.24, 2.45) is 0 Å². The van der Waals surface area contributed by atoms with Gasteiger partial charge in [-0.3, -0.25) is 9.59 Å². The molecular formula is C18H20NO6P. The Hall–Kier alpha value is -2.15. The molecule has 0 saturated carbocycles. The SMILES string of the molecule is CC(C)NCc1ccc2c(c1)C(=O)c1ccccc1C2=O.O=P(O)(O)O. The highest BCUT2D eigenvalue weighted by molar-refractivity contribution is 7.45. The first-order chi connectivity index (χ1) is 12.1. The van der Waals surface area contributed by atoms with Crippen molar-refractivity contribution in [3.05, 3.63) is 70.3 Å². The van der Waals surface area contributed by atoms with Crippen molar-refractivity contribution in [3.8, 4) is 0 Å². The lowest BCUT2D eigenvalue weighted by Crippen LogP contribution is -2.24. The fourth-order valence-corrected chi connectivity index (χ4v) is 2.58. The minimum absolute atomic E-state index is 0.0633. The number of phosphoric acid groups is 1. The maximum Gasteiger partial charge on any atom is 0.466 e. The van der Waals surface area contributed by atoms with Crippen LogP contribution in [0, 0.1) is 0 Å². The maximum atomic E-state index is 12.6. The molecule has 2 aromatic rings. The van der Waals surface area contributed by atoms with Crippen molar-refractivity contribution >= 4 is 19.4 Å². The summed E-state index contributed by atoms with van der Waals surface area (Å²) in [6.07, 6.45) is 0. The first-order valence-electron chi connectivity index (χ1n) is 7.91. The third kappa shape index (κ3) is 5.17. The molecule has 2 aromatic carbocycles. The largest absolute Gasteiger partial charge is 0.466 e. The Morgan fingerprint density at radius 3 is 1.85 bits per heavy atom. The highest BCUT2D eigenvalue weighted by Gasteiger charge is 2.29. The van der Waals surface area contributed by atoms with E-state index in [9.17, 15) is 9.59 Å². The number of carbonyl (C=O) groups excluding carboxylic acids is 2. The number of ketones is 2. The molecule has 0 saturated heterocycles. The summed E-state index contributed by atoms with van der Waals surface area (Å²) in [4.78, 5) is 46.6. The third-order valence-electron chi connectivity index (χ3n) is 3.70. The summed E-state index contributed by atoms with van der Waals surface area (Å²) in [5.41, 5.74) is 3.05. The molecule has 8 heteroatoms. The zero-order valence-corrected chi connectivity index (χ0v) is 15.2. The van der Waals surface area contributed by atoms with E-state index in [1.807, 2.05) is 12.1 Å². The summed E-state index contributed by atoms with van der Waals surface area (Å²) >= 11 is 0. The molecule has 0 spiro atoms. The van der Waals surface area contributed by atoms with Crippen LogP contribution in [0.4, 0.5) is 0 Å². The van der Waals surface area contributed by atoms with Gasteiger partial charge in [-0.05, 0) is 17.7 Å². The van der Waals surface area contributed by atoms with Crippen LogP contribution in [-0.2, 0) is 11.1 Å². The summed E-state index contributed by atoms with van der Waals surface area (Å²) in [6, 6.07) is 12.9. The molecule has 0 unspecified atom stereocenters. The quantitative estimate of drug-likeness (QED) is 0.515. The van der Waals surface area contributed by atoms with E-state index in [-0.39, 0.29) is 11.6 Å². The van der Waals surface area contributed by atoms with Gasteiger partial charge in [0.05, 0.1) is 0 Å². The van der Waals surface area contributed by atoms with Gasteiger partial charge in [-0.2, -0.15) is 0 Å². The van der Waals surface area contributed by atoms with Crippen molar-refractivity contribution < 1.29 is 28.8 Å². The summed E-state index contributed by atoms with van der Waals surface area (Å²) in [5, 5.41) is 3.32. The van der Waals surface area contributed by atoms with E-state index in [4.69, 9.17) is 19.2 Å². The van der Waals surface area contributed by atoms with E-state index in [0.29, 0.717) is 34.8 Å². The molecule has 0 amide bonds. The number of nitrogens with one attached hydrogen (secondary N) is 1. The predicted molar refractivity (Wildman–Crippen MR) is 96.0 cm³/mol. The molecule has 0 atom stereocenters. The number of hydrogen-bond donors (Lipinski definition) is 4. The molecule has 1 aliphatic carbocycles. The van der Waals surface area contributed by atoms with Crippen molar-refractivity contribution in [2.45, 2.75) is 26.4 Å². The van der Waals surface area contributed by atoms with E-state index >= 15 is 0 Å². The molecule has 26 heavy (non-hydrogen) atoms. The van der Waals surface area contributed by atoms with E-state index < -0.39 is 7.82 Å². The van der Waals surface area contributed by atoms with Gasteiger partial charge in [-0.15, -0.1) is 0 Å². The van der Waals surface area contributed by atoms with Gasteiger partial charge in [0.2, 0.25) is 0 Å². The van der Waals surface area contributed by atoms with Crippen molar-refractivity contribution in [1.82, 2.24) is 5.32 Å². The minimum atomic E-state index is -4.64. The molecule has 4 N–H and O–H groups in total. The average Bonchev–Trinajstić information content (AvgIpc) is 2.56. The molecule has 7 nitrogen and oxygen atoms in total. The second kappa shape index (κ2) is 8.03. The van der Waals surface area contributed by atoms with Crippen molar-refractivity contribution in [2.75, 3.05) is 0 Å². The van der Waals surface area contributed by atoms with Crippen LogP contribution in [0.5, 0.6) is 0 Å². The predicted octanol–water partition coefficient (Wildman–Crippen LogP) is 2.03. The van der Waals surface area contributed by atoms with Crippen LogP contribution in [0.15, 0.2) is 42.5 Å². The Balaban J connectivity index is 0.000000431. The number of hydrogen-bond acceptors (Lipinski definition) is 4. The molecular weight excluding hydrogens is 357 g/mol. The number of rotatable bonds is 3. The Labute approximate surface area is 150 Å². The first-order valence-corrected chi connectivity index (χ1v) is 9.47. The summed E-state index contributed by atoms with van der Waals surface area (Å²) in [6.45, 7) is 4.83. The molecule has 3 rings (SSSR count). The molecule has 0 radical (unpaired) electrons. The highest BCUT2D eigenvalue weighted by Crippen LogP contribution is 2.28. The van der Waals surface area contributed by atoms with E-state index in [2.05, 4.69) is 19.2 Å². The van der Waals surface area contributed by atoms with Crippen LogP contribution in [0.3, 0.4) is 0 Å². The smallest absolute Gasteiger partial charge is 0.310 e. The zero-order chi connectivity index (χ0) is 19.5. The third-order valence-corrected chi connectivity index (χ3v) is 3.70. The Kier molecular flexibility index (Phi) is 6.23. The summed E-state index contributed by atoms with van der Waals surface area (Å²) in [7, 11) is -4.64. The number of carbonyl (C=O) groups is 2. The second-order valence-electron chi connectivity index (χ2n) is 6.13. The molecule has 138 valence electrons. The standard InChI is InChI=1S/C18H17NO2.H3O4P/c1-11(2)19-10-12-7-8-15-16(9-12)18(21)14-6-4-3-5-13(14)17(15)20;1-5(2,3)4/h3-9,11,19H,10H2,1-2H3;(H3,1,2,3,4). The van der Waals surface area contributed by atoms with Crippen molar-refractivity contribution in [3.63, 3.8) is 0 Å². The van der Waals surface area contributed by atoms with Gasteiger partial charge in [0.25, 0.3) is 0 Å². The van der Waals surface area contributed by atoms with E-state index in [1.54, 1.807) is 30.3 Å². The fourth-order valence-electron chi connectivity index (χ4n) is 2.58. The van der Waals surface area contributed by atoms with Crippen LogP contribution >= 0.6 is 7.82 Å². The van der Waals surface area contributed by atoms with E-state index in [0.717, 1.165) is 5.56 Å². The summed E-state index contributed by atoms with van der Waals surface area (Å²) < 4.78 is 8.88. The van der Waals surface area contributed by atoms with E-state index in [1.165, 1.54) is 0 Å². The topological polar surface area (TPSA) is 124 Å². The van der Waals surface area contributed by atoms with Gasteiger partial charge in [0, 0.05) is 34.8 Å². The summed E-state index contributed by atoms with van der Waals surface area (Å²) in [5.74, 6) is -0.129. The van der Waals surface area contributed by atoms with Gasteiger partial charge in [-0.1, -0.05) is 44.2 Å². The van der Waals surface area contributed by atoms with Gasteiger partial charge < -0.3 is 20.0 Å². The maximum absolute atomic E-state index is 12.6. The lowest BCUT2D eigenvalue weighted by molar-refractivity contribution is 0.0979. The number of benzene rings is 2. The molecule has 0 bridgehead atoms. The Morgan fingerprint density at radius 1 is 0.885 bits per heavy atom. The van der Waals surface area contributed by atoms with Crippen LogP contribution in [0.25, 0.3) is 0 Å². The monoisotopic (exact) mass is 377 g/mol. The van der Waals surface area contributed by atoms with Crippen LogP contribution in [0.1, 0.15) is 51.3 Å². The zero-order valence-electron chi connectivity index (χ0n) is 14.3. The van der Waals surface area contributed by atoms with Gasteiger partial charge in [-0.25, -0.2) is 4.57 Å². The Bertz CT molecular complexity index is 879. The molecule has 0 aromatic heterocycles. The lowest BCUT2D eigenvalue weighted by atomic mass is 9.83. The lowest BCUT2D eigenvalue weighted by Gasteiger charge is -2.18. The Morgan fingerprint density at radius 2 is 1.35 bits per heavy atom. The molecule has 0 aliphatic heterocycles. The van der Waals surface area contributed by atoms with Gasteiger partial charge in [0.1, 0.15) is 0 Å². The van der Waals surface area contributed by atoms with Crippen LogP contribution < -0.4 is 5.32 Å². The van der Waals surface area contributed by atoms with Crippen LogP contribution in [-0.4, -0.2) is 32.3 Å². The number of fused-ring (bicyclic) bond motifs is 2. The van der Waals surface area contributed by atoms with Crippen LogP contribution in [0.2, 0.25) is 0 Å². The highest BCUT2D eigenvalue weighted by atomic mass is 31.2. The molecule has 0 fully saturated rings. The fraction of sp³-hybridized carbons (Fsp3) is 0.222. The normalized spacial score (nSPS) is 13.0. The van der Waals surface area contributed by atoms with Crippen molar-refractivity contribution in [1.29, 1.82) is 0 Å². The average molecular weight is 377 g/mol. The van der Waals surface area contributed by atoms with Gasteiger partial charge >= 0.3 is 7.82 Å². The molecule has 0 heterocycles. The van der Waals surface area contributed by atoms with Gasteiger partial charge in [0.15, 0.2) is 11.6 Å².